The molecular formula is C31H47F2N3O. The molecule has 0 aliphatic carbocycles. The number of benzene rings is 2. The number of halogens is 2. The van der Waals surface area contributed by atoms with Crippen molar-refractivity contribution in [2.24, 2.45) is 5.41 Å². The summed E-state index contributed by atoms with van der Waals surface area (Å²) >= 11 is 0. The van der Waals surface area contributed by atoms with E-state index in [0.29, 0.717) is 11.8 Å². The number of alkyl halides is 2. The lowest BCUT2D eigenvalue weighted by atomic mass is 9.71. The number of anilines is 1. The van der Waals surface area contributed by atoms with Gasteiger partial charge in [-0.25, -0.2) is 8.78 Å². The van der Waals surface area contributed by atoms with Gasteiger partial charge < -0.3 is 15.3 Å². The smallest absolute Gasteiger partial charge is 0.251 e. The predicted octanol–water partition coefficient (Wildman–Crippen LogP) is 7.02. The van der Waals surface area contributed by atoms with Gasteiger partial charge >= 0.3 is 0 Å². The fourth-order valence-electron chi connectivity index (χ4n) is 6.28. The Hall–Kier alpha value is -2.18. The molecule has 0 bridgehead atoms. The highest BCUT2D eigenvalue weighted by atomic mass is 19.3. The van der Waals surface area contributed by atoms with E-state index in [1.807, 2.05) is 45.6 Å². The molecule has 2 fully saturated rings. The van der Waals surface area contributed by atoms with Crippen LogP contribution in [-0.2, 0) is 6.42 Å². The highest BCUT2D eigenvalue weighted by molar-refractivity contribution is 5.51. The maximum absolute atomic E-state index is 13.5. The van der Waals surface area contributed by atoms with Gasteiger partial charge in [0.2, 0.25) is 0 Å². The Labute approximate surface area is 223 Å². The van der Waals surface area contributed by atoms with Gasteiger partial charge in [0.1, 0.15) is 5.75 Å². The molecule has 5 rings (SSSR count). The van der Waals surface area contributed by atoms with Crippen LogP contribution in [0.15, 0.2) is 42.5 Å². The van der Waals surface area contributed by atoms with Crippen molar-refractivity contribution in [1.29, 1.82) is 0 Å². The third-order valence-electron chi connectivity index (χ3n) is 8.25. The Morgan fingerprint density at radius 2 is 1.57 bits per heavy atom. The minimum atomic E-state index is -2.39. The summed E-state index contributed by atoms with van der Waals surface area (Å²) in [6.45, 7) is 14.2. The Balaban J connectivity index is 0.000000907. The maximum Gasteiger partial charge on any atom is 0.251 e. The molecule has 2 aromatic rings. The van der Waals surface area contributed by atoms with Gasteiger partial charge in [-0.15, -0.1) is 0 Å². The molecular weight excluding hydrogens is 468 g/mol. The van der Waals surface area contributed by atoms with E-state index in [4.69, 9.17) is 0 Å². The monoisotopic (exact) mass is 515 g/mol. The van der Waals surface area contributed by atoms with Crippen molar-refractivity contribution < 1.29 is 13.9 Å². The first kappa shape index (κ1) is 29.4. The molecule has 4 nitrogen and oxygen atoms in total. The van der Waals surface area contributed by atoms with Gasteiger partial charge in [0.15, 0.2) is 0 Å². The van der Waals surface area contributed by atoms with Crippen LogP contribution in [0.25, 0.3) is 0 Å². The fourth-order valence-corrected chi connectivity index (χ4v) is 6.28. The van der Waals surface area contributed by atoms with E-state index in [1.54, 1.807) is 12.1 Å². The molecule has 3 heterocycles. The Bertz CT molecular complexity index is 949. The van der Waals surface area contributed by atoms with Crippen molar-refractivity contribution in [3.05, 3.63) is 59.2 Å². The molecule has 0 radical (unpaired) electrons. The summed E-state index contributed by atoms with van der Waals surface area (Å²) in [5.41, 5.74) is 4.84. The zero-order valence-corrected chi connectivity index (χ0v) is 23.4. The highest BCUT2D eigenvalue weighted by Gasteiger charge is 2.37. The second-order valence-corrected chi connectivity index (χ2v) is 10.3. The number of aromatic hydroxyl groups is 1. The summed E-state index contributed by atoms with van der Waals surface area (Å²) in [6.07, 6.45) is 3.34. The van der Waals surface area contributed by atoms with Crippen LogP contribution in [0.3, 0.4) is 0 Å². The minimum absolute atomic E-state index is 0.0266. The molecule has 0 saturated carbocycles. The Morgan fingerprint density at radius 3 is 2.16 bits per heavy atom. The average Bonchev–Trinajstić information content (AvgIpc) is 2.92. The first-order valence-electron chi connectivity index (χ1n) is 14.4. The summed E-state index contributed by atoms with van der Waals surface area (Å²) in [5, 5.41) is 13.5. The van der Waals surface area contributed by atoms with Crippen LogP contribution >= 0.6 is 0 Å². The largest absolute Gasteiger partial charge is 0.508 e. The predicted molar refractivity (Wildman–Crippen MR) is 151 cm³/mol. The maximum atomic E-state index is 13.5. The van der Waals surface area contributed by atoms with E-state index in [-0.39, 0.29) is 24.4 Å². The van der Waals surface area contributed by atoms with Gasteiger partial charge in [-0.05, 0) is 98.5 Å². The number of fused-ring (bicyclic) bond motifs is 1. The Morgan fingerprint density at radius 1 is 0.946 bits per heavy atom. The number of phenolic OH excluding ortho intramolecular Hbond substituents is 1. The second-order valence-electron chi connectivity index (χ2n) is 10.3. The standard InChI is InChI=1S/C27H35F2N3O.2C2H6/c1-19-16-21-17-23(33)6-7-24(21)26(32(19)18-25(28)29)20-2-4-22(5-3-20)31-14-10-27(11-15-31)8-12-30-13-9-27;2*1-2/h2-7,17,19,25-26,30,33H,8-16,18H2,1H3;2*1-2H3/t19-,26?;;/m1../s1. The molecule has 3 aliphatic heterocycles. The molecule has 6 heteroatoms. The lowest BCUT2D eigenvalue weighted by Crippen LogP contribution is -2.45. The lowest BCUT2D eigenvalue weighted by molar-refractivity contribution is 0.0463. The van der Waals surface area contributed by atoms with Gasteiger partial charge in [0.05, 0.1) is 12.6 Å². The van der Waals surface area contributed by atoms with Crippen LogP contribution in [-0.4, -0.2) is 55.2 Å². The van der Waals surface area contributed by atoms with E-state index in [1.165, 1.54) is 31.4 Å². The van der Waals surface area contributed by atoms with Crippen molar-refractivity contribution in [2.75, 3.05) is 37.6 Å². The van der Waals surface area contributed by atoms with Crippen LogP contribution in [0, 0.1) is 5.41 Å². The average molecular weight is 516 g/mol. The number of hydrogen-bond donors (Lipinski definition) is 2. The molecule has 2 N–H and O–H groups in total. The van der Waals surface area contributed by atoms with Crippen molar-refractivity contribution in [3.8, 4) is 5.75 Å². The quantitative estimate of drug-likeness (QED) is 0.459. The summed E-state index contributed by atoms with van der Waals surface area (Å²) in [4.78, 5) is 4.39. The molecule has 2 aromatic carbocycles. The first-order valence-corrected chi connectivity index (χ1v) is 14.4. The fraction of sp³-hybridized carbons (Fsp3) is 0.613. The Kier molecular flexibility index (Phi) is 10.8. The van der Waals surface area contributed by atoms with Crippen molar-refractivity contribution >= 4 is 5.69 Å². The van der Waals surface area contributed by atoms with Gasteiger partial charge in [0, 0.05) is 24.8 Å². The molecule has 206 valence electrons. The summed E-state index contributed by atoms with van der Waals surface area (Å²) in [5.74, 6) is 0.231. The summed E-state index contributed by atoms with van der Waals surface area (Å²) in [7, 11) is 0. The normalized spacial score (nSPS) is 23.0. The van der Waals surface area contributed by atoms with Crippen molar-refractivity contribution in [3.63, 3.8) is 0 Å². The highest BCUT2D eigenvalue weighted by Crippen LogP contribution is 2.42. The summed E-state index contributed by atoms with van der Waals surface area (Å²) in [6, 6.07) is 13.7. The van der Waals surface area contributed by atoms with Gasteiger partial charge in [0.25, 0.3) is 6.43 Å². The summed E-state index contributed by atoms with van der Waals surface area (Å²) < 4.78 is 27.0. The van der Waals surface area contributed by atoms with Gasteiger partial charge in [-0.1, -0.05) is 45.9 Å². The number of nitrogens with zero attached hydrogens (tertiary/aromatic N) is 2. The molecule has 2 atom stereocenters. The molecule has 1 unspecified atom stereocenters. The number of hydrogen-bond acceptors (Lipinski definition) is 4. The molecule has 3 aliphatic rings. The number of piperidine rings is 2. The third-order valence-corrected chi connectivity index (χ3v) is 8.25. The molecule has 0 aromatic heterocycles. The number of rotatable bonds is 4. The van der Waals surface area contributed by atoms with Crippen LogP contribution in [0.4, 0.5) is 14.5 Å². The van der Waals surface area contributed by atoms with E-state index < -0.39 is 6.43 Å². The SMILES string of the molecule is CC.CC.C[C@@H]1Cc2cc(O)ccc2C(c2ccc(N3CCC4(CCNCC4)CC3)cc2)N1CC(F)F. The second kappa shape index (κ2) is 13.6. The van der Waals surface area contributed by atoms with E-state index in [2.05, 4.69) is 34.5 Å². The van der Waals surface area contributed by atoms with Gasteiger partial charge in [-0.3, -0.25) is 4.90 Å². The van der Waals surface area contributed by atoms with Crippen molar-refractivity contribution in [2.45, 2.75) is 85.2 Å². The van der Waals surface area contributed by atoms with Crippen LogP contribution in [0.2, 0.25) is 0 Å². The van der Waals surface area contributed by atoms with Crippen LogP contribution < -0.4 is 10.2 Å². The molecule has 1 spiro atoms. The lowest BCUT2D eigenvalue weighted by Gasteiger charge is -2.45. The minimum Gasteiger partial charge on any atom is -0.508 e. The number of nitrogens with one attached hydrogen (secondary N) is 1. The zero-order valence-electron chi connectivity index (χ0n) is 23.4. The zero-order chi connectivity index (χ0) is 27.0. The molecule has 37 heavy (non-hydrogen) atoms. The van der Waals surface area contributed by atoms with Crippen molar-refractivity contribution in [1.82, 2.24) is 10.2 Å². The van der Waals surface area contributed by atoms with E-state index in [0.717, 1.165) is 42.9 Å². The van der Waals surface area contributed by atoms with Gasteiger partial charge in [-0.2, -0.15) is 0 Å². The van der Waals surface area contributed by atoms with Crippen LogP contribution in [0.1, 0.15) is 83.0 Å². The number of phenols is 1. The van der Waals surface area contributed by atoms with E-state index >= 15 is 0 Å². The van der Waals surface area contributed by atoms with E-state index in [9.17, 15) is 13.9 Å². The topological polar surface area (TPSA) is 38.7 Å². The molecule has 2 saturated heterocycles. The van der Waals surface area contributed by atoms with Crippen LogP contribution in [0.5, 0.6) is 5.75 Å². The third kappa shape index (κ3) is 6.83. The first-order chi connectivity index (χ1) is 17.9. The molecule has 0 amide bonds.